The van der Waals surface area contributed by atoms with E-state index in [-0.39, 0.29) is 23.9 Å². The van der Waals surface area contributed by atoms with E-state index >= 15 is 0 Å². The SMILES string of the molecule is CSCC[C@H](N)C(=O)N1CCN(C(=O)c2ccc(F)cc2F)CC1.Cl. The van der Waals surface area contributed by atoms with Crippen molar-refractivity contribution in [2.24, 2.45) is 5.73 Å². The molecule has 2 rings (SSSR count). The van der Waals surface area contributed by atoms with Gasteiger partial charge in [-0.1, -0.05) is 0 Å². The molecule has 1 aliphatic rings. The summed E-state index contributed by atoms with van der Waals surface area (Å²) in [5.41, 5.74) is 5.72. The molecule has 0 spiro atoms. The number of halogens is 3. The normalized spacial score (nSPS) is 15.5. The Hall–Kier alpha value is -1.38. The number of hydrogen-bond acceptors (Lipinski definition) is 4. The molecule has 1 atom stereocenters. The maximum atomic E-state index is 13.7. The lowest BCUT2D eigenvalue weighted by atomic mass is 10.1. The Bertz CT molecular complexity index is 613. The van der Waals surface area contributed by atoms with Gasteiger partial charge in [-0.25, -0.2) is 8.78 Å². The fraction of sp³-hybridized carbons (Fsp3) is 0.500. The van der Waals surface area contributed by atoms with Crippen molar-refractivity contribution < 1.29 is 18.4 Å². The van der Waals surface area contributed by atoms with Gasteiger partial charge in [-0.2, -0.15) is 11.8 Å². The molecule has 1 heterocycles. The molecule has 0 aromatic heterocycles. The summed E-state index contributed by atoms with van der Waals surface area (Å²) in [6, 6.07) is 2.36. The standard InChI is InChI=1S/C16H21F2N3O2S.ClH/c1-24-9-4-14(19)16(23)21-7-5-20(6-8-21)15(22)12-3-2-11(17)10-13(12)18;/h2-3,10,14H,4-9,19H2,1H3;1H/t14-;/m0./s1. The molecule has 140 valence electrons. The van der Waals surface area contributed by atoms with Gasteiger partial charge >= 0.3 is 0 Å². The molecule has 1 aliphatic heterocycles. The monoisotopic (exact) mass is 393 g/mol. The highest BCUT2D eigenvalue weighted by Crippen LogP contribution is 2.14. The molecule has 1 aromatic carbocycles. The number of rotatable bonds is 5. The minimum Gasteiger partial charge on any atom is -0.338 e. The van der Waals surface area contributed by atoms with E-state index in [4.69, 9.17) is 5.73 Å². The summed E-state index contributed by atoms with van der Waals surface area (Å²) in [6.07, 6.45) is 2.57. The Morgan fingerprint density at radius 3 is 2.36 bits per heavy atom. The van der Waals surface area contributed by atoms with Crippen LogP contribution in [0.5, 0.6) is 0 Å². The number of carbonyl (C=O) groups is 2. The zero-order valence-electron chi connectivity index (χ0n) is 13.9. The lowest BCUT2D eigenvalue weighted by molar-refractivity contribution is -0.134. The second-order valence-corrected chi connectivity index (χ2v) is 6.62. The molecule has 0 saturated carbocycles. The van der Waals surface area contributed by atoms with Crippen LogP contribution in [0.3, 0.4) is 0 Å². The van der Waals surface area contributed by atoms with Crippen molar-refractivity contribution in [3.05, 3.63) is 35.4 Å². The van der Waals surface area contributed by atoms with E-state index in [1.807, 2.05) is 6.26 Å². The highest BCUT2D eigenvalue weighted by molar-refractivity contribution is 7.98. The van der Waals surface area contributed by atoms with Crippen LogP contribution in [0.25, 0.3) is 0 Å². The number of piperazine rings is 1. The Morgan fingerprint density at radius 1 is 1.20 bits per heavy atom. The molecule has 9 heteroatoms. The third kappa shape index (κ3) is 5.55. The highest BCUT2D eigenvalue weighted by atomic mass is 35.5. The predicted molar refractivity (Wildman–Crippen MR) is 97.1 cm³/mol. The molecule has 2 amide bonds. The molecular weight excluding hydrogens is 372 g/mol. The van der Waals surface area contributed by atoms with Crippen molar-refractivity contribution in [2.75, 3.05) is 38.2 Å². The first-order valence-corrected chi connectivity index (χ1v) is 9.11. The summed E-state index contributed by atoms with van der Waals surface area (Å²) in [4.78, 5) is 27.6. The molecule has 0 aliphatic carbocycles. The molecular formula is C16H22ClF2N3O2S. The van der Waals surface area contributed by atoms with Crippen molar-refractivity contribution in [3.63, 3.8) is 0 Å². The van der Waals surface area contributed by atoms with Crippen molar-refractivity contribution in [2.45, 2.75) is 12.5 Å². The summed E-state index contributed by atoms with van der Waals surface area (Å²) >= 11 is 1.63. The lowest BCUT2D eigenvalue weighted by Gasteiger charge is -2.36. The van der Waals surface area contributed by atoms with Gasteiger partial charge in [0, 0.05) is 32.2 Å². The van der Waals surface area contributed by atoms with Crippen LogP contribution >= 0.6 is 24.2 Å². The summed E-state index contributed by atoms with van der Waals surface area (Å²) in [7, 11) is 0. The lowest BCUT2D eigenvalue weighted by Crippen LogP contribution is -2.54. The summed E-state index contributed by atoms with van der Waals surface area (Å²) in [5.74, 6) is -1.40. The maximum Gasteiger partial charge on any atom is 0.256 e. The van der Waals surface area contributed by atoms with E-state index < -0.39 is 23.6 Å². The maximum absolute atomic E-state index is 13.7. The predicted octanol–water partition coefficient (Wildman–Crippen LogP) is 1.75. The zero-order chi connectivity index (χ0) is 17.7. The van der Waals surface area contributed by atoms with Gasteiger partial charge in [0.1, 0.15) is 11.6 Å². The third-order valence-corrected chi connectivity index (χ3v) is 4.63. The Kier molecular flexibility index (Phi) is 8.61. The van der Waals surface area contributed by atoms with E-state index in [1.165, 1.54) is 4.90 Å². The smallest absolute Gasteiger partial charge is 0.256 e. The number of nitrogens with two attached hydrogens (primary N) is 1. The minimum absolute atomic E-state index is 0. The molecule has 0 bridgehead atoms. The number of carbonyl (C=O) groups excluding carboxylic acids is 2. The summed E-state index contributed by atoms with van der Waals surface area (Å²) in [6.45, 7) is 1.33. The van der Waals surface area contributed by atoms with Crippen molar-refractivity contribution in [1.82, 2.24) is 9.80 Å². The number of hydrogen-bond donors (Lipinski definition) is 1. The number of thioether (sulfide) groups is 1. The van der Waals surface area contributed by atoms with Crippen LogP contribution in [-0.2, 0) is 4.79 Å². The van der Waals surface area contributed by atoms with Gasteiger partial charge in [-0.3, -0.25) is 9.59 Å². The first-order chi connectivity index (χ1) is 11.4. The van der Waals surface area contributed by atoms with Crippen molar-refractivity contribution in [1.29, 1.82) is 0 Å². The van der Waals surface area contributed by atoms with Crippen LogP contribution in [-0.4, -0.2) is 65.8 Å². The summed E-state index contributed by atoms with van der Waals surface area (Å²) in [5, 5.41) is 0. The average molecular weight is 394 g/mol. The molecule has 5 nitrogen and oxygen atoms in total. The molecule has 1 aromatic rings. The van der Waals surface area contributed by atoms with E-state index in [0.717, 1.165) is 17.9 Å². The quantitative estimate of drug-likeness (QED) is 0.827. The first-order valence-electron chi connectivity index (χ1n) is 7.71. The number of amides is 2. The Labute approximate surface area is 156 Å². The molecule has 0 unspecified atom stereocenters. The van der Waals surface area contributed by atoms with Gasteiger partial charge in [0.15, 0.2) is 0 Å². The van der Waals surface area contributed by atoms with E-state index in [1.54, 1.807) is 16.7 Å². The zero-order valence-corrected chi connectivity index (χ0v) is 15.5. The van der Waals surface area contributed by atoms with Crippen molar-refractivity contribution >= 4 is 36.0 Å². The van der Waals surface area contributed by atoms with Gasteiger partial charge in [-0.05, 0) is 30.6 Å². The van der Waals surface area contributed by atoms with Crippen LogP contribution in [0.1, 0.15) is 16.8 Å². The Morgan fingerprint density at radius 2 is 1.80 bits per heavy atom. The van der Waals surface area contributed by atoms with Gasteiger partial charge in [0.05, 0.1) is 11.6 Å². The second-order valence-electron chi connectivity index (χ2n) is 5.63. The Balaban J connectivity index is 0.00000312. The minimum atomic E-state index is -0.877. The highest BCUT2D eigenvalue weighted by Gasteiger charge is 2.28. The third-order valence-electron chi connectivity index (χ3n) is 3.99. The number of benzene rings is 1. The van der Waals surface area contributed by atoms with Crippen LogP contribution < -0.4 is 5.73 Å². The van der Waals surface area contributed by atoms with Crippen LogP contribution in [0.15, 0.2) is 18.2 Å². The molecule has 0 radical (unpaired) electrons. The van der Waals surface area contributed by atoms with Gasteiger partial charge < -0.3 is 15.5 Å². The van der Waals surface area contributed by atoms with Gasteiger partial charge in [0.2, 0.25) is 5.91 Å². The van der Waals surface area contributed by atoms with E-state index in [0.29, 0.717) is 38.7 Å². The first kappa shape index (κ1) is 21.7. The largest absolute Gasteiger partial charge is 0.338 e. The summed E-state index contributed by atoms with van der Waals surface area (Å²) < 4.78 is 26.6. The molecule has 1 fully saturated rings. The van der Waals surface area contributed by atoms with E-state index in [2.05, 4.69) is 0 Å². The van der Waals surface area contributed by atoms with Crippen LogP contribution in [0.2, 0.25) is 0 Å². The van der Waals surface area contributed by atoms with Crippen LogP contribution in [0.4, 0.5) is 8.78 Å². The van der Waals surface area contributed by atoms with Crippen molar-refractivity contribution in [3.8, 4) is 0 Å². The van der Waals surface area contributed by atoms with Gasteiger partial charge in [-0.15, -0.1) is 12.4 Å². The second kappa shape index (κ2) is 9.94. The van der Waals surface area contributed by atoms with E-state index in [9.17, 15) is 18.4 Å². The fourth-order valence-corrected chi connectivity index (χ4v) is 3.06. The van der Waals surface area contributed by atoms with Crippen LogP contribution in [0, 0.1) is 11.6 Å². The number of nitrogens with zero attached hydrogens (tertiary/aromatic N) is 2. The molecule has 1 saturated heterocycles. The fourth-order valence-electron chi connectivity index (χ4n) is 2.57. The van der Waals surface area contributed by atoms with Gasteiger partial charge in [0.25, 0.3) is 5.91 Å². The molecule has 2 N–H and O–H groups in total. The topological polar surface area (TPSA) is 66.6 Å². The average Bonchev–Trinajstić information content (AvgIpc) is 2.58. The molecule has 25 heavy (non-hydrogen) atoms.